The highest BCUT2D eigenvalue weighted by Crippen LogP contribution is 2.23. The Morgan fingerprint density at radius 3 is 2.80 bits per heavy atom. The van der Waals surface area contributed by atoms with Crippen LogP contribution < -0.4 is 0 Å². The van der Waals surface area contributed by atoms with Gasteiger partial charge in [0.1, 0.15) is 6.04 Å². The van der Waals surface area contributed by atoms with Gasteiger partial charge in [-0.3, -0.25) is 9.69 Å². The molecule has 1 aliphatic rings. The third-order valence-corrected chi connectivity index (χ3v) is 2.95. The second-order valence-electron chi connectivity index (χ2n) is 4.23. The van der Waals surface area contributed by atoms with Crippen molar-refractivity contribution in [1.29, 1.82) is 0 Å². The lowest BCUT2D eigenvalue weighted by atomic mass is 9.90. The van der Waals surface area contributed by atoms with Crippen LogP contribution in [-0.4, -0.2) is 58.0 Å². The van der Waals surface area contributed by atoms with Gasteiger partial charge in [-0.1, -0.05) is 6.92 Å². The van der Waals surface area contributed by atoms with E-state index >= 15 is 0 Å². The number of rotatable bonds is 4. The van der Waals surface area contributed by atoms with Crippen molar-refractivity contribution < 1.29 is 20.1 Å². The summed E-state index contributed by atoms with van der Waals surface area (Å²) in [6, 6.07) is -0.528. The van der Waals surface area contributed by atoms with Gasteiger partial charge in [-0.15, -0.1) is 0 Å². The van der Waals surface area contributed by atoms with E-state index in [9.17, 15) is 9.90 Å². The van der Waals surface area contributed by atoms with Crippen LogP contribution in [0.15, 0.2) is 0 Å². The first-order valence-corrected chi connectivity index (χ1v) is 5.32. The summed E-state index contributed by atoms with van der Waals surface area (Å²) in [7, 11) is 0. The molecule has 0 saturated carbocycles. The van der Waals surface area contributed by atoms with Crippen LogP contribution >= 0.6 is 0 Å². The van der Waals surface area contributed by atoms with Crippen LogP contribution in [0, 0.1) is 5.92 Å². The van der Waals surface area contributed by atoms with Gasteiger partial charge in [0.2, 0.25) is 0 Å². The Hall–Kier alpha value is -0.650. The van der Waals surface area contributed by atoms with Crippen molar-refractivity contribution >= 4 is 5.97 Å². The Kier molecular flexibility index (Phi) is 4.50. The van der Waals surface area contributed by atoms with Crippen molar-refractivity contribution in [2.75, 3.05) is 19.7 Å². The monoisotopic (exact) mass is 217 g/mol. The summed E-state index contributed by atoms with van der Waals surface area (Å²) in [5.41, 5.74) is 0. The summed E-state index contributed by atoms with van der Waals surface area (Å²) in [6.45, 7) is 2.50. The predicted octanol–water partition coefficient (Wildman–Crippen LogP) is -0.475. The van der Waals surface area contributed by atoms with Crippen LogP contribution in [-0.2, 0) is 4.79 Å². The van der Waals surface area contributed by atoms with Crippen LogP contribution in [0.1, 0.15) is 19.8 Å². The van der Waals surface area contributed by atoms with Crippen molar-refractivity contribution in [2.24, 2.45) is 5.92 Å². The first-order chi connectivity index (χ1) is 7.06. The highest BCUT2D eigenvalue weighted by atomic mass is 16.4. The number of β-amino-alcohol motifs (C(OH)–C–C–N with tert-alkyl or cyclic N) is 1. The van der Waals surface area contributed by atoms with E-state index in [0.29, 0.717) is 6.54 Å². The van der Waals surface area contributed by atoms with Gasteiger partial charge in [0.05, 0.1) is 12.7 Å². The number of likely N-dealkylation sites (tertiary alicyclic amines) is 1. The number of aliphatic hydroxyl groups is 2. The maximum absolute atomic E-state index is 11.1. The summed E-state index contributed by atoms with van der Waals surface area (Å²) >= 11 is 0. The first kappa shape index (κ1) is 12.4. The molecule has 5 heteroatoms. The van der Waals surface area contributed by atoms with E-state index in [-0.39, 0.29) is 19.1 Å². The maximum atomic E-state index is 11.1. The number of aliphatic hydroxyl groups excluding tert-OH is 2. The van der Waals surface area contributed by atoms with E-state index < -0.39 is 18.1 Å². The molecule has 0 bridgehead atoms. The average molecular weight is 217 g/mol. The Bertz CT molecular complexity index is 221. The molecule has 1 fully saturated rings. The third-order valence-electron chi connectivity index (χ3n) is 2.95. The van der Waals surface area contributed by atoms with E-state index in [2.05, 4.69) is 0 Å². The summed E-state index contributed by atoms with van der Waals surface area (Å²) in [5, 5.41) is 27.1. The van der Waals surface area contributed by atoms with Crippen molar-refractivity contribution in [3.05, 3.63) is 0 Å². The first-order valence-electron chi connectivity index (χ1n) is 5.32. The zero-order valence-electron chi connectivity index (χ0n) is 8.96. The predicted molar refractivity (Wildman–Crippen MR) is 54.5 cm³/mol. The summed E-state index contributed by atoms with van der Waals surface area (Å²) in [6.07, 6.45) is 1.00. The number of carboxylic acid groups (broad SMARTS) is 1. The largest absolute Gasteiger partial charge is 0.480 e. The van der Waals surface area contributed by atoms with Crippen molar-refractivity contribution in [3.8, 4) is 0 Å². The Morgan fingerprint density at radius 2 is 2.27 bits per heavy atom. The molecule has 3 N–H and O–H groups in total. The van der Waals surface area contributed by atoms with E-state index in [1.54, 1.807) is 4.90 Å². The molecule has 0 radical (unpaired) electrons. The van der Waals surface area contributed by atoms with Gasteiger partial charge in [-0.2, -0.15) is 0 Å². The fourth-order valence-corrected chi connectivity index (χ4v) is 2.21. The number of carbonyl (C=O) groups is 1. The second-order valence-corrected chi connectivity index (χ2v) is 4.23. The molecular formula is C10H19NO4. The summed E-state index contributed by atoms with van der Waals surface area (Å²) in [4.78, 5) is 12.8. The van der Waals surface area contributed by atoms with Gasteiger partial charge in [0, 0.05) is 6.54 Å². The number of aliphatic carboxylic acids is 1. The highest BCUT2D eigenvalue weighted by Gasteiger charge is 2.34. The van der Waals surface area contributed by atoms with Crippen LogP contribution in [0.5, 0.6) is 0 Å². The molecule has 1 heterocycles. The minimum atomic E-state index is -0.850. The molecule has 1 saturated heterocycles. The molecule has 15 heavy (non-hydrogen) atoms. The van der Waals surface area contributed by atoms with Crippen LogP contribution in [0.2, 0.25) is 0 Å². The molecule has 0 aromatic carbocycles. The van der Waals surface area contributed by atoms with Crippen molar-refractivity contribution in [2.45, 2.75) is 31.9 Å². The number of hydrogen-bond acceptors (Lipinski definition) is 4. The van der Waals surface area contributed by atoms with Crippen LogP contribution in [0.25, 0.3) is 0 Å². The number of piperidine rings is 1. The molecule has 0 aliphatic carbocycles. The lowest BCUT2D eigenvalue weighted by Gasteiger charge is -2.37. The molecule has 0 amide bonds. The van der Waals surface area contributed by atoms with Gasteiger partial charge in [0.25, 0.3) is 0 Å². The minimum Gasteiger partial charge on any atom is -0.480 e. The number of nitrogens with zero attached hydrogens (tertiary/aromatic N) is 1. The van der Waals surface area contributed by atoms with E-state index in [1.165, 1.54) is 0 Å². The second kappa shape index (κ2) is 5.44. The van der Waals surface area contributed by atoms with E-state index in [1.807, 2.05) is 6.92 Å². The van der Waals surface area contributed by atoms with Gasteiger partial charge < -0.3 is 15.3 Å². The topological polar surface area (TPSA) is 81.0 Å². The normalized spacial score (nSPS) is 30.1. The molecule has 0 aromatic rings. The Labute approximate surface area is 89.3 Å². The quantitative estimate of drug-likeness (QED) is 0.593. The van der Waals surface area contributed by atoms with Gasteiger partial charge >= 0.3 is 5.97 Å². The number of carboxylic acids is 1. The van der Waals surface area contributed by atoms with Crippen LogP contribution in [0.3, 0.4) is 0 Å². The van der Waals surface area contributed by atoms with E-state index in [0.717, 1.165) is 12.8 Å². The third kappa shape index (κ3) is 3.15. The molecule has 1 rings (SSSR count). The summed E-state index contributed by atoms with van der Waals surface area (Å²) < 4.78 is 0. The summed E-state index contributed by atoms with van der Waals surface area (Å²) in [5.74, 6) is -0.741. The lowest BCUT2D eigenvalue weighted by molar-refractivity contribution is -0.147. The fraction of sp³-hybridized carbons (Fsp3) is 0.900. The number of hydrogen-bond donors (Lipinski definition) is 3. The lowest BCUT2D eigenvalue weighted by Crippen LogP contribution is -2.52. The SMILES string of the molecule is CC1CCCN(CC(O)CO)C1C(=O)O. The van der Waals surface area contributed by atoms with Crippen LogP contribution in [0.4, 0.5) is 0 Å². The molecule has 88 valence electrons. The molecular weight excluding hydrogens is 198 g/mol. The molecule has 0 aromatic heterocycles. The zero-order chi connectivity index (χ0) is 11.4. The van der Waals surface area contributed by atoms with Gasteiger partial charge in [-0.05, 0) is 25.3 Å². The van der Waals surface area contributed by atoms with Crippen molar-refractivity contribution in [1.82, 2.24) is 4.90 Å². The Morgan fingerprint density at radius 1 is 1.60 bits per heavy atom. The smallest absolute Gasteiger partial charge is 0.321 e. The fourth-order valence-electron chi connectivity index (χ4n) is 2.21. The highest BCUT2D eigenvalue weighted by molar-refractivity contribution is 5.74. The average Bonchev–Trinajstić information content (AvgIpc) is 2.17. The molecule has 5 nitrogen and oxygen atoms in total. The molecule has 3 atom stereocenters. The molecule has 1 aliphatic heterocycles. The maximum Gasteiger partial charge on any atom is 0.321 e. The standard InChI is InChI=1S/C10H19NO4/c1-7-3-2-4-11(5-8(13)6-12)9(7)10(14)15/h7-9,12-13H,2-6H2,1H3,(H,14,15). The Balaban J connectivity index is 2.62. The van der Waals surface area contributed by atoms with Gasteiger partial charge in [0.15, 0.2) is 0 Å². The minimum absolute atomic E-state index is 0.0992. The van der Waals surface area contributed by atoms with Crippen molar-refractivity contribution in [3.63, 3.8) is 0 Å². The molecule has 0 spiro atoms. The van der Waals surface area contributed by atoms with Gasteiger partial charge in [-0.25, -0.2) is 0 Å². The zero-order valence-corrected chi connectivity index (χ0v) is 8.96. The molecule has 3 unspecified atom stereocenters. The van der Waals surface area contributed by atoms with E-state index in [4.69, 9.17) is 10.2 Å².